The van der Waals surface area contributed by atoms with E-state index in [9.17, 15) is 4.79 Å². The summed E-state index contributed by atoms with van der Waals surface area (Å²) >= 11 is 3.46. The predicted octanol–water partition coefficient (Wildman–Crippen LogP) is 3.78. The Labute approximate surface area is 138 Å². The van der Waals surface area contributed by atoms with E-state index in [0.29, 0.717) is 5.82 Å². The Morgan fingerprint density at radius 1 is 1.23 bits per heavy atom. The van der Waals surface area contributed by atoms with Crippen molar-refractivity contribution in [2.24, 2.45) is 5.41 Å². The number of ether oxygens (including phenoxy) is 1. The van der Waals surface area contributed by atoms with Gasteiger partial charge < -0.3 is 10.1 Å². The summed E-state index contributed by atoms with van der Waals surface area (Å²) in [6, 6.07) is 5.81. The molecule has 118 valence electrons. The van der Waals surface area contributed by atoms with Gasteiger partial charge in [0.2, 0.25) is 0 Å². The van der Waals surface area contributed by atoms with Crippen LogP contribution in [0.15, 0.2) is 29.0 Å². The van der Waals surface area contributed by atoms with Crippen LogP contribution in [-0.4, -0.2) is 28.6 Å². The monoisotopic (exact) mass is 365 g/mol. The summed E-state index contributed by atoms with van der Waals surface area (Å²) in [5.74, 6) is 0.415. The predicted molar refractivity (Wildman–Crippen MR) is 90.7 cm³/mol. The molecule has 0 atom stereocenters. The van der Waals surface area contributed by atoms with Gasteiger partial charge >= 0.3 is 5.97 Å². The Balaban J connectivity index is 2.46. The molecule has 0 aliphatic heterocycles. The van der Waals surface area contributed by atoms with Crippen LogP contribution < -0.4 is 5.32 Å². The molecule has 0 unspecified atom stereocenters. The SMILES string of the molecule is COC(=O)C(C)(C)C(C)(C)Nc1ncnc2ccc(Br)cc12. The smallest absolute Gasteiger partial charge is 0.313 e. The molecule has 0 spiro atoms. The highest BCUT2D eigenvalue weighted by molar-refractivity contribution is 9.10. The van der Waals surface area contributed by atoms with Crippen molar-refractivity contribution in [2.75, 3.05) is 12.4 Å². The van der Waals surface area contributed by atoms with Gasteiger partial charge in [0.25, 0.3) is 0 Å². The maximum Gasteiger partial charge on any atom is 0.313 e. The number of hydrogen-bond donors (Lipinski definition) is 1. The van der Waals surface area contributed by atoms with Gasteiger partial charge in [-0.25, -0.2) is 9.97 Å². The molecule has 1 aromatic carbocycles. The molecule has 0 aliphatic rings. The Hall–Kier alpha value is -1.69. The van der Waals surface area contributed by atoms with Gasteiger partial charge in [0, 0.05) is 15.4 Å². The first-order valence-electron chi connectivity index (χ1n) is 6.96. The minimum Gasteiger partial charge on any atom is -0.469 e. The Morgan fingerprint density at radius 2 is 1.91 bits per heavy atom. The molecule has 1 heterocycles. The Morgan fingerprint density at radius 3 is 2.55 bits per heavy atom. The zero-order valence-electron chi connectivity index (χ0n) is 13.4. The molecule has 0 saturated carbocycles. The summed E-state index contributed by atoms with van der Waals surface area (Å²) in [7, 11) is 1.40. The molecule has 0 amide bonds. The van der Waals surface area contributed by atoms with Crippen molar-refractivity contribution in [3.05, 3.63) is 29.0 Å². The van der Waals surface area contributed by atoms with Crippen LogP contribution in [-0.2, 0) is 9.53 Å². The molecule has 6 heteroatoms. The second kappa shape index (κ2) is 5.83. The van der Waals surface area contributed by atoms with E-state index >= 15 is 0 Å². The number of hydrogen-bond acceptors (Lipinski definition) is 5. The molecular weight excluding hydrogens is 346 g/mol. The van der Waals surface area contributed by atoms with Crippen LogP contribution >= 0.6 is 15.9 Å². The molecule has 5 nitrogen and oxygen atoms in total. The Kier molecular flexibility index (Phi) is 4.42. The number of esters is 1. The number of anilines is 1. The average molecular weight is 366 g/mol. The van der Waals surface area contributed by atoms with E-state index in [1.54, 1.807) is 0 Å². The van der Waals surface area contributed by atoms with Crippen LogP contribution in [0.2, 0.25) is 0 Å². The number of nitrogens with zero attached hydrogens (tertiary/aromatic N) is 2. The lowest BCUT2D eigenvalue weighted by molar-refractivity contribution is -0.153. The third-order valence-electron chi connectivity index (χ3n) is 4.29. The van der Waals surface area contributed by atoms with Gasteiger partial charge in [0.1, 0.15) is 12.1 Å². The third kappa shape index (κ3) is 2.92. The summed E-state index contributed by atoms with van der Waals surface area (Å²) in [5, 5.41) is 4.27. The lowest BCUT2D eigenvalue weighted by Crippen LogP contribution is -2.51. The highest BCUT2D eigenvalue weighted by Gasteiger charge is 2.44. The molecule has 0 bridgehead atoms. The highest BCUT2D eigenvalue weighted by Crippen LogP contribution is 2.36. The zero-order valence-corrected chi connectivity index (χ0v) is 15.0. The van der Waals surface area contributed by atoms with Crippen molar-refractivity contribution in [3.63, 3.8) is 0 Å². The normalized spacial score (nSPS) is 12.3. The van der Waals surface area contributed by atoms with E-state index < -0.39 is 11.0 Å². The minimum absolute atomic E-state index is 0.274. The Bertz CT molecular complexity index is 714. The van der Waals surface area contributed by atoms with Crippen molar-refractivity contribution in [2.45, 2.75) is 33.2 Å². The molecular formula is C16H20BrN3O2. The number of rotatable bonds is 4. The van der Waals surface area contributed by atoms with E-state index in [0.717, 1.165) is 15.4 Å². The van der Waals surface area contributed by atoms with E-state index in [1.165, 1.54) is 13.4 Å². The number of carbonyl (C=O) groups excluding carboxylic acids is 1. The van der Waals surface area contributed by atoms with Gasteiger partial charge in [-0.15, -0.1) is 0 Å². The molecule has 22 heavy (non-hydrogen) atoms. The van der Waals surface area contributed by atoms with E-state index in [1.807, 2.05) is 45.9 Å². The van der Waals surface area contributed by atoms with Gasteiger partial charge in [-0.3, -0.25) is 4.79 Å². The second-order valence-electron chi connectivity index (χ2n) is 6.25. The maximum atomic E-state index is 12.1. The fraction of sp³-hybridized carbons (Fsp3) is 0.438. The van der Waals surface area contributed by atoms with E-state index in [2.05, 4.69) is 31.2 Å². The van der Waals surface area contributed by atoms with Crippen LogP contribution in [0.5, 0.6) is 0 Å². The highest BCUT2D eigenvalue weighted by atomic mass is 79.9. The van der Waals surface area contributed by atoms with Gasteiger partial charge in [0.15, 0.2) is 0 Å². The van der Waals surface area contributed by atoms with Crippen LogP contribution in [0.4, 0.5) is 5.82 Å². The molecule has 0 aliphatic carbocycles. The third-order valence-corrected chi connectivity index (χ3v) is 4.78. The first-order valence-corrected chi connectivity index (χ1v) is 7.75. The van der Waals surface area contributed by atoms with Crippen LogP contribution in [0.3, 0.4) is 0 Å². The van der Waals surface area contributed by atoms with Gasteiger partial charge in [-0.1, -0.05) is 15.9 Å². The summed E-state index contributed by atoms with van der Waals surface area (Å²) < 4.78 is 5.87. The summed E-state index contributed by atoms with van der Waals surface area (Å²) in [5.41, 5.74) is -0.457. The van der Waals surface area contributed by atoms with Crippen molar-refractivity contribution >= 4 is 38.6 Å². The number of methoxy groups -OCH3 is 1. The number of halogens is 1. The number of carbonyl (C=O) groups is 1. The first kappa shape index (κ1) is 16.7. The van der Waals surface area contributed by atoms with Crippen LogP contribution in [0.1, 0.15) is 27.7 Å². The summed E-state index contributed by atoms with van der Waals surface area (Å²) in [6.45, 7) is 7.61. The lowest BCUT2D eigenvalue weighted by Gasteiger charge is -2.40. The molecule has 2 aromatic rings. The van der Waals surface area contributed by atoms with E-state index in [-0.39, 0.29) is 5.97 Å². The summed E-state index contributed by atoms with van der Waals surface area (Å²) in [4.78, 5) is 20.7. The number of aromatic nitrogens is 2. The van der Waals surface area contributed by atoms with Crippen molar-refractivity contribution in [1.29, 1.82) is 0 Å². The first-order chi connectivity index (χ1) is 10.2. The quantitative estimate of drug-likeness (QED) is 0.835. The average Bonchev–Trinajstić information content (AvgIpc) is 2.46. The van der Waals surface area contributed by atoms with Gasteiger partial charge in [-0.2, -0.15) is 0 Å². The number of benzene rings is 1. The topological polar surface area (TPSA) is 64.1 Å². The van der Waals surface area contributed by atoms with Gasteiger partial charge in [-0.05, 0) is 45.9 Å². The molecule has 1 aromatic heterocycles. The molecule has 1 N–H and O–H groups in total. The lowest BCUT2D eigenvalue weighted by atomic mass is 9.74. The summed E-state index contributed by atoms with van der Waals surface area (Å²) in [6.07, 6.45) is 1.51. The van der Waals surface area contributed by atoms with Crippen LogP contribution in [0.25, 0.3) is 10.9 Å². The maximum absolute atomic E-state index is 12.1. The van der Waals surface area contributed by atoms with Crippen molar-refractivity contribution in [1.82, 2.24) is 9.97 Å². The fourth-order valence-electron chi connectivity index (χ4n) is 2.09. The largest absolute Gasteiger partial charge is 0.469 e. The van der Waals surface area contributed by atoms with Crippen molar-refractivity contribution < 1.29 is 9.53 Å². The molecule has 0 fully saturated rings. The standard InChI is InChI=1S/C16H20BrN3O2/c1-15(2,14(21)22-5)16(3,4)20-13-11-8-10(17)6-7-12(11)18-9-19-13/h6-9H,1-5H3,(H,18,19,20). The molecule has 0 radical (unpaired) electrons. The second-order valence-corrected chi connectivity index (χ2v) is 7.17. The molecule has 2 rings (SSSR count). The zero-order chi connectivity index (χ0) is 16.5. The fourth-order valence-corrected chi connectivity index (χ4v) is 2.45. The minimum atomic E-state index is -0.731. The molecule has 0 saturated heterocycles. The van der Waals surface area contributed by atoms with Gasteiger partial charge in [0.05, 0.1) is 18.0 Å². The van der Waals surface area contributed by atoms with Crippen molar-refractivity contribution in [3.8, 4) is 0 Å². The number of fused-ring (bicyclic) bond motifs is 1. The van der Waals surface area contributed by atoms with Crippen LogP contribution in [0, 0.1) is 5.41 Å². The van der Waals surface area contributed by atoms with E-state index in [4.69, 9.17) is 4.74 Å². The number of nitrogens with one attached hydrogen (secondary N) is 1.